The van der Waals surface area contributed by atoms with E-state index in [0.29, 0.717) is 68.0 Å². The summed E-state index contributed by atoms with van der Waals surface area (Å²) in [5.74, 6) is 1.46. The zero-order valence-electron chi connectivity index (χ0n) is 41.3. The molecule has 0 N–H and O–H groups in total. The number of ether oxygens (including phenoxy) is 5. The largest absolute Gasteiger partial charge is 0.497 e. The summed E-state index contributed by atoms with van der Waals surface area (Å²) in [4.78, 5) is 40.8. The van der Waals surface area contributed by atoms with Gasteiger partial charge in [-0.2, -0.15) is 9.97 Å². The van der Waals surface area contributed by atoms with E-state index in [1.165, 1.54) is 0 Å². The van der Waals surface area contributed by atoms with Crippen LogP contribution in [0.5, 0.6) is 23.4 Å². The number of methoxy groups -OCH3 is 2. The fourth-order valence-corrected chi connectivity index (χ4v) is 12.4. The number of hydrogen-bond donors (Lipinski definition) is 0. The molecule has 6 aliphatic rings. The van der Waals surface area contributed by atoms with Gasteiger partial charge in [0, 0.05) is 56.5 Å². The van der Waals surface area contributed by atoms with E-state index in [9.17, 15) is 4.79 Å². The van der Waals surface area contributed by atoms with Gasteiger partial charge in [0.1, 0.15) is 53.0 Å². The summed E-state index contributed by atoms with van der Waals surface area (Å²) in [5, 5.41) is 0.401. The van der Waals surface area contributed by atoms with Gasteiger partial charge < -0.3 is 33.5 Å². The molecule has 11 rings (SSSR count). The fraction of sp³-hybridized carbons (Fsp3) is 0.509. The van der Waals surface area contributed by atoms with Gasteiger partial charge in [-0.15, -0.1) is 0 Å². The third-order valence-electron chi connectivity index (χ3n) is 15.5. The molecule has 5 fully saturated rings. The van der Waals surface area contributed by atoms with Gasteiger partial charge in [-0.1, -0.05) is 36.4 Å². The van der Waals surface area contributed by atoms with Crippen molar-refractivity contribution in [2.24, 2.45) is 5.92 Å². The van der Waals surface area contributed by atoms with Crippen LogP contribution in [0.3, 0.4) is 0 Å². The first kappa shape index (κ1) is 46.3. The maximum Gasteiger partial charge on any atom is 0.410 e. The van der Waals surface area contributed by atoms with Crippen molar-refractivity contribution in [1.29, 1.82) is 0 Å². The Kier molecular flexibility index (Phi) is 11.7. The quantitative estimate of drug-likeness (QED) is 0.111. The number of nitrogens with zero attached hydrogens (tertiary/aromatic N) is 7. The fourth-order valence-electron chi connectivity index (χ4n) is 12.4. The van der Waals surface area contributed by atoms with Crippen LogP contribution in [0.1, 0.15) is 112 Å². The lowest BCUT2D eigenvalue weighted by Gasteiger charge is -2.45. The van der Waals surface area contributed by atoms with Crippen LogP contribution in [-0.2, 0) is 17.8 Å². The van der Waals surface area contributed by atoms with Crippen molar-refractivity contribution in [3.05, 3.63) is 101 Å². The highest BCUT2D eigenvalue weighted by Gasteiger charge is 2.55. The highest BCUT2D eigenvalue weighted by molar-refractivity contribution is 5.91. The highest BCUT2D eigenvalue weighted by Crippen LogP contribution is 2.54. The maximum absolute atomic E-state index is 18.3. The molecule has 7 atom stereocenters. The monoisotopic (exact) mass is 955 g/mol. The number of fused-ring (bicyclic) bond motifs is 6. The van der Waals surface area contributed by atoms with E-state index in [-0.39, 0.29) is 65.6 Å². The smallest absolute Gasteiger partial charge is 0.410 e. The number of anilines is 1. The SMILES string of the molecule is C=C1CN2C[C@H](F)CC2(COc2nc3c4c(nc(-c5nc(N(Cc6ccc(OC)cc6)Cc6ccc(OC)cc6)cc(C)c5C5CC5)c(F)c4n2)O[C@@H](C)[C@H]2C3C[C@H]3CC[C@@H]2N3C(=O)OC(C)(C)C)C1. The Morgan fingerprint density at radius 2 is 1.63 bits per heavy atom. The zero-order valence-corrected chi connectivity index (χ0v) is 41.3. The van der Waals surface area contributed by atoms with Crippen LogP contribution in [0.15, 0.2) is 66.7 Å². The molecule has 15 heteroatoms. The minimum Gasteiger partial charge on any atom is -0.497 e. The molecule has 8 heterocycles. The second-order valence-corrected chi connectivity index (χ2v) is 21.6. The number of halogens is 2. The third-order valence-corrected chi connectivity index (χ3v) is 15.5. The van der Waals surface area contributed by atoms with E-state index in [4.69, 9.17) is 43.6 Å². The molecule has 1 aliphatic carbocycles. The van der Waals surface area contributed by atoms with Crippen LogP contribution < -0.4 is 23.8 Å². The lowest BCUT2D eigenvalue weighted by molar-refractivity contribution is -0.0214. The second kappa shape index (κ2) is 17.6. The van der Waals surface area contributed by atoms with Crippen LogP contribution in [0.4, 0.5) is 19.4 Å². The molecule has 5 aromatic rings. The Morgan fingerprint density at radius 1 is 0.943 bits per heavy atom. The molecule has 2 bridgehead atoms. The van der Waals surface area contributed by atoms with E-state index in [0.717, 1.165) is 65.0 Å². The molecule has 368 valence electrons. The lowest BCUT2D eigenvalue weighted by Crippen LogP contribution is -2.55. The minimum atomic E-state index is -0.992. The summed E-state index contributed by atoms with van der Waals surface area (Å²) < 4.78 is 64.0. The number of amides is 1. The average Bonchev–Trinajstić information content (AvgIpc) is 3.99. The molecular weight excluding hydrogens is 893 g/mol. The summed E-state index contributed by atoms with van der Waals surface area (Å²) >= 11 is 0. The van der Waals surface area contributed by atoms with Crippen LogP contribution in [0.25, 0.3) is 22.3 Å². The predicted octanol–water partition coefficient (Wildman–Crippen LogP) is 10.4. The minimum absolute atomic E-state index is 0.0133. The normalized spacial score (nSPS) is 25.8. The summed E-state index contributed by atoms with van der Waals surface area (Å²) in [6, 6.07) is 17.7. The molecule has 13 nitrogen and oxygen atoms in total. The molecule has 5 aliphatic heterocycles. The van der Waals surface area contributed by atoms with Gasteiger partial charge >= 0.3 is 12.1 Å². The molecule has 70 heavy (non-hydrogen) atoms. The summed E-state index contributed by atoms with van der Waals surface area (Å²) in [6.45, 7) is 16.0. The molecule has 2 unspecified atom stereocenters. The molecule has 0 spiro atoms. The number of benzene rings is 2. The van der Waals surface area contributed by atoms with E-state index in [1.54, 1.807) is 14.2 Å². The van der Waals surface area contributed by atoms with Gasteiger partial charge in [0.25, 0.3) is 0 Å². The summed E-state index contributed by atoms with van der Waals surface area (Å²) in [5.41, 5.74) is 4.88. The van der Waals surface area contributed by atoms with Gasteiger partial charge in [-0.25, -0.2) is 23.5 Å². The molecule has 1 amide bonds. The first-order valence-electron chi connectivity index (χ1n) is 24.9. The topological polar surface area (TPSA) is 125 Å². The number of pyridine rings is 2. The molecule has 4 saturated heterocycles. The standard InChI is InChI=1S/C55H63F2N7O6/c1-30-23-55(24-36(56)28-63(55)25-30)29-68-52-60-47-40-22-37-15-20-41(64(37)53(65)70-54(4,5)6)44(40)32(3)69-51-45(47)48(61-52)46(57)50(59-51)49-43(35-13-14-35)31(2)21-42(58-49)62(26-33-9-16-38(66-7)17-10-33)27-34-11-18-39(67-8)19-12-34/h9-12,16-19,21,32,35-37,40-41,44H,1,13-15,20,22-29H2,2-8H3/t32-,36+,37+,40?,41-,44-,55?/m0/s1. The average molecular weight is 956 g/mol. The van der Waals surface area contributed by atoms with Gasteiger partial charge in [-0.3, -0.25) is 4.90 Å². The molecule has 2 aromatic carbocycles. The Labute approximate surface area is 408 Å². The van der Waals surface area contributed by atoms with E-state index < -0.39 is 29.2 Å². The van der Waals surface area contributed by atoms with Crippen molar-refractivity contribution < 1.29 is 37.3 Å². The Balaban J connectivity index is 1.05. The summed E-state index contributed by atoms with van der Waals surface area (Å²) in [6.07, 6.45) is 3.12. The summed E-state index contributed by atoms with van der Waals surface area (Å²) in [7, 11) is 3.30. The second-order valence-electron chi connectivity index (χ2n) is 21.6. The van der Waals surface area contributed by atoms with Gasteiger partial charge in [0.2, 0.25) is 5.88 Å². The van der Waals surface area contributed by atoms with Crippen molar-refractivity contribution in [3.63, 3.8) is 0 Å². The lowest BCUT2D eigenvalue weighted by atomic mass is 9.75. The van der Waals surface area contributed by atoms with Crippen molar-refractivity contribution >= 4 is 22.8 Å². The molecule has 1 saturated carbocycles. The zero-order chi connectivity index (χ0) is 48.8. The van der Waals surface area contributed by atoms with Crippen LogP contribution >= 0.6 is 0 Å². The first-order chi connectivity index (χ1) is 33.6. The Morgan fingerprint density at radius 3 is 2.27 bits per heavy atom. The first-order valence-corrected chi connectivity index (χ1v) is 24.9. The molecule has 3 aromatic heterocycles. The number of hydrogen-bond acceptors (Lipinski definition) is 12. The number of carbonyl (C=O) groups is 1. The Bertz CT molecular complexity index is 2810. The van der Waals surface area contributed by atoms with Crippen LogP contribution in [0, 0.1) is 18.7 Å². The van der Waals surface area contributed by atoms with Crippen molar-refractivity contribution in [2.45, 2.75) is 140 Å². The van der Waals surface area contributed by atoms with Gasteiger partial charge in [-0.05, 0) is 132 Å². The van der Waals surface area contributed by atoms with Crippen LogP contribution in [0.2, 0.25) is 0 Å². The number of aryl methyl sites for hydroxylation is 1. The van der Waals surface area contributed by atoms with Gasteiger partial charge in [0.15, 0.2) is 5.82 Å². The van der Waals surface area contributed by atoms with Crippen molar-refractivity contribution in [2.75, 3.05) is 38.8 Å². The number of aromatic nitrogens is 4. The molecular formula is C55H63F2N7O6. The number of carbonyl (C=O) groups excluding carboxylic acids is 1. The van der Waals surface area contributed by atoms with E-state index in [2.05, 4.69) is 29.4 Å². The highest BCUT2D eigenvalue weighted by atomic mass is 19.1. The van der Waals surface area contributed by atoms with Crippen molar-refractivity contribution in [3.8, 4) is 34.8 Å². The molecule has 0 radical (unpaired) electrons. The Hall–Kier alpha value is -6.09. The van der Waals surface area contributed by atoms with Crippen molar-refractivity contribution in [1.82, 2.24) is 29.7 Å². The number of piperidine rings is 1. The van der Waals surface area contributed by atoms with E-state index >= 15 is 8.78 Å². The number of rotatable bonds is 12. The third kappa shape index (κ3) is 8.45. The maximum atomic E-state index is 18.3. The van der Waals surface area contributed by atoms with E-state index in [1.807, 2.05) is 81.1 Å². The van der Waals surface area contributed by atoms with Crippen LogP contribution in [-0.4, -0.2) is 105 Å². The number of alkyl halides is 1. The predicted molar refractivity (Wildman–Crippen MR) is 262 cm³/mol. The van der Waals surface area contributed by atoms with Gasteiger partial charge in [0.05, 0.1) is 36.5 Å².